The topological polar surface area (TPSA) is 173 Å². The maximum absolute atomic E-state index is 11.4. The van der Waals surface area contributed by atoms with E-state index < -0.39 is 36.8 Å². The molecule has 0 fully saturated rings. The second-order valence-electron chi connectivity index (χ2n) is 5.78. The van der Waals surface area contributed by atoms with E-state index in [1.165, 1.54) is 0 Å². The third kappa shape index (κ3) is 12.2. The normalized spacial score (nSPS) is 14.4. The number of ketones is 1. The summed E-state index contributed by atoms with van der Waals surface area (Å²) in [6, 6.07) is 5.72. The molecule has 10 heteroatoms. The van der Waals surface area contributed by atoms with Gasteiger partial charge >= 0.3 is 0 Å². The quantitative estimate of drug-likeness (QED) is 0.303. The first-order chi connectivity index (χ1) is 13.5. The molecule has 4 atom stereocenters. The molecule has 2 aromatic heterocycles. The number of H-pyrrole nitrogens is 1. The first-order valence-electron chi connectivity index (χ1n) is 8.96. The van der Waals surface area contributed by atoms with Gasteiger partial charge in [0.25, 0.3) is 0 Å². The summed E-state index contributed by atoms with van der Waals surface area (Å²) >= 11 is 0. The van der Waals surface area contributed by atoms with Crippen LogP contribution in [-0.4, -0.2) is 82.7 Å². The molecule has 0 spiro atoms. The summed E-state index contributed by atoms with van der Waals surface area (Å²) < 4.78 is 0. The van der Waals surface area contributed by atoms with Crippen molar-refractivity contribution >= 4 is 5.78 Å². The van der Waals surface area contributed by atoms with Crippen molar-refractivity contribution in [3.05, 3.63) is 43.0 Å². The van der Waals surface area contributed by atoms with Crippen LogP contribution in [0.5, 0.6) is 0 Å². The molecule has 0 radical (unpaired) electrons. The van der Waals surface area contributed by atoms with Gasteiger partial charge in [0.1, 0.15) is 24.4 Å². The molecule has 0 aliphatic carbocycles. The number of aromatic nitrogens is 4. The van der Waals surface area contributed by atoms with E-state index in [1.54, 1.807) is 24.8 Å². The number of carbonyl (C=O) groups is 1. The van der Waals surface area contributed by atoms with Crippen molar-refractivity contribution in [2.45, 2.75) is 57.0 Å². The van der Waals surface area contributed by atoms with Gasteiger partial charge in [-0.25, -0.2) is 0 Å². The molecule has 2 aromatic rings. The molecule has 4 unspecified atom stereocenters. The lowest BCUT2D eigenvalue weighted by molar-refractivity contribution is -0.147. The van der Waals surface area contributed by atoms with Crippen LogP contribution in [0.3, 0.4) is 0 Å². The largest absolute Gasteiger partial charge is 0.394 e. The van der Waals surface area contributed by atoms with Crippen LogP contribution in [-0.2, 0) is 4.79 Å². The number of nitrogens with zero attached hydrogens (tertiary/aromatic N) is 3. The Bertz CT molecular complexity index is 529. The summed E-state index contributed by atoms with van der Waals surface area (Å²) in [5.74, 6) is -0.574. The van der Waals surface area contributed by atoms with Gasteiger partial charge in [-0.1, -0.05) is 31.0 Å². The highest BCUT2D eigenvalue weighted by Gasteiger charge is 2.33. The SMILES string of the molecule is CCCCCC(=O)C(O)C(O)C(O)C(O)CO.c1c[nH]nn1.c1ccncc1. The van der Waals surface area contributed by atoms with Gasteiger partial charge < -0.3 is 25.5 Å². The highest BCUT2D eigenvalue weighted by Crippen LogP contribution is 2.09. The number of carbonyl (C=O) groups excluding carboxylic acids is 1. The fraction of sp³-hybridized carbons (Fsp3) is 0.556. The molecule has 2 heterocycles. The molecule has 0 bridgehead atoms. The molecule has 28 heavy (non-hydrogen) atoms. The molecule has 0 aliphatic heterocycles. The number of pyridine rings is 1. The second kappa shape index (κ2) is 16.9. The van der Waals surface area contributed by atoms with Crippen LogP contribution in [0.15, 0.2) is 43.0 Å². The third-order valence-electron chi connectivity index (χ3n) is 3.51. The van der Waals surface area contributed by atoms with Crippen molar-refractivity contribution in [1.29, 1.82) is 0 Å². The van der Waals surface area contributed by atoms with Gasteiger partial charge in [-0.05, 0) is 18.6 Å². The van der Waals surface area contributed by atoms with E-state index in [0.717, 1.165) is 12.8 Å². The fourth-order valence-electron chi connectivity index (χ4n) is 1.89. The van der Waals surface area contributed by atoms with Gasteiger partial charge in [-0.3, -0.25) is 14.9 Å². The summed E-state index contributed by atoms with van der Waals surface area (Å²) in [5.41, 5.74) is 0. The molecule has 6 N–H and O–H groups in total. The predicted molar refractivity (Wildman–Crippen MR) is 101 cm³/mol. The minimum Gasteiger partial charge on any atom is -0.394 e. The van der Waals surface area contributed by atoms with Crippen molar-refractivity contribution in [3.8, 4) is 0 Å². The standard InChI is InChI=1S/C11H22O6.C5H5N.C2H3N3/c1-2-3-4-5-7(13)9(15)11(17)10(16)8(14)6-12;1-2-4-6-5-3-1;1-2-4-5-3-1/h8-12,14-17H,2-6H2,1H3;1-5H;1-2H,(H,3,4,5). The lowest BCUT2D eigenvalue weighted by Crippen LogP contribution is -2.48. The van der Waals surface area contributed by atoms with Crippen molar-refractivity contribution in [2.24, 2.45) is 0 Å². The Labute approximate surface area is 163 Å². The summed E-state index contributed by atoms with van der Waals surface area (Å²) in [4.78, 5) is 15.2. The number of aromatic amines is 1. The molecule has 0 saturated carbocycles. The fourth-order valence-corrected chi connectivity index (χ4v) is 1.89. The smallest absolute Gasteiger partial charge is 0.164 e. The summed E-state index contributed by atoms with van der Waals surface area (Å²) in [6.45, 7) is 1.21. The van der Waals surface area contributed by atoms with Crippen molar-refractivity contribution in [3.63, 3.8) is 0 Å². The predicted octanol–water partition coefficient (Wildman–Crippen LogP) is -0.542. The van der Waals surface area contributed by atoms with E-state index in [1.807, 2.05) is 25.1 Å². The Morgan fingerprint density at radius 1 is 1.00 bits per heavy atom. The van der Waals surface area contributed by atoms with Crippen molar-refractivity contribution in [2.75, 3.05) is 6.61 Å². The third-order valence-corrected chi connectivity index (χ3v) is 3.51. The molecular weight excluding hydrogens is 368 g/mol. The van der Waals surface area contributed by atoms with E-state index in [9.17, 15) is 20.1 Å². The summed E-state index contributed by atoms with van der Waals surface area (Å²) in [7, 11) is 0. The molecule has 0 aliphatic rings. The Hall–Kier alpha value is -2.24. The maximum Gasteiger partial charge on any atom is 0.164 e. The molecule has 0 aromatic carbocycles. The minimum absolute atomic E-state index is 0.119. The summed E-state index contributed by atoms with van der Waals surface area (Å²) in [6.07, 6.45) is 2.39. The van der Waals surface area contributed by atoms with E-state index in [4.69, 9.17) is 10.2 Å². The molecule has 0 saturated heterocycles. The minimum atomic E-state index is -1.79. The zero-order chi connectivity index (χ0) is 21.2. The average molecular weight is 398 g/mol. The first-order valence-corrected chi connectivity index (χ1v) is 8.96. The molecule has 10 nitrogen and oxygen atoms in total. The Kier molecular flexibility index (Phi) is 15.5. The monoisotopic (exact) mass is 398 g/mol. The van der Waals surface area contributed by atoms with E-state index in [-0.39, 0.29) is 6.42 Å². The number of rotatable bonds is 9. The molecule has 158 valence electrons. The maximum atomic E-state index is 11.4. The number of aliphatic hydroxyl groups excluding tert-OH is 5. The van der Waals surface area contributed by atoms with Gasteiger partial charge in [0.15, 0.2) is 5.78 Å². The summed E-state index contributed by atoms with van der Waals surface area (Å²) in [5, 5.41) is 55.1. The zero-order valence-corrected chi connectivity index (χ0v) is 15.9. The van der Waals surface area contributed by atoms with Gasteiger partial charge in [0.05, 0.1) is 12.8 Å². The van der Waals surface area contributed by atoms with Gasteiger partial charge in [0, 0.05) is 25.0 Å². The second-order valence-corrected chi connectivity index (χ2v) is 5.78. The van der Waals surface area contributed by atoms with Gasteiger partial charge in [-0.2, -0.15) is 0 Å². The Balaban J connectivity index is 0.000000525. The molecular formula is C18H30N4O6. The van der Waals surface area contributed by atoms with E-state index in [2.05, 4.69) is 20.4 Å². The van der Waals surface area contributed by atoms with Crippen LogP contribution in [0, 0.1) is 0 Å². The van der Waals surface area contributed by atoms with Crippen LogP contribution < -0.4 is 0 Å². The molecule has 0 amide bonds. The lowest BCUT2D eigenvalue weighted by Gasteiger charge is -2.24. The van der Waals surface area contributed by atoms with Gasteiger partial charge in [0.2, 0.25) is 0 Å². The number of unbranched alkanes of at least 4 members (excludes halogenated alkanes) is 2. The van der Waals surface area contributed by atoms with Crippen LogP contribution in [0.4, 0.5) is 0 Å². The van der Waals surface area contributed by atoms with Crippen molar-refractivity contribution < 1.29 is 30.3 Å². The van der Waals surface area contributed by atoms with Crippen LogP contribution in [0.25, 0.3) is 0 Å². The number of hydrogen-bond donors (Lipinski definition) is 6. The van der Waals surface area contributed by atoms with Gasteiger partial charge in [-0.15, -0.1) is 5.10 Å². The van der Waals surface area contributed by atoms with Crippen molar-refractivity contribution in [1.82, 2.24) is 20.4 Å². The Morgan fingerprint density at radius 3 is 2.04 bits per heavy atom. The van der Waals surface area contributed by atoms with Crippen LogP contribution in [0.2, 0.25) is 0 Å². The lowest BCUT2D eigenvalue weighted by atomic mass is 9.97. The van der Waals surface area contributed by atoms with Crippen LogP contribution in [0.1, 0.15) is 32.6 Å². The van der Waals surface area contributed by atoms with E-state index >= 15 is 0 Å². The average Bonchev–Trinajstić information content (AvgIpc) is 3.33. The highest BCUT2D eigenvalue weighted by molar-refractivity contribution is 5.83. The number of aliphatic hydroxyl groups is 5. The van der Waals surface area contributed by atoms with Crippen LogP contribution >= 0.6 is 0 Å². The number of nitrogens with one attached hydrogen (secondary N) is 1. The number of Topliss-reactive ketones (excluding diaryl/α,β-unsaturated/α-hetero) is 1. The highest BCUT2D eigenvalue weighted by atomic mass is 16.4. The Morgan fingerprint density at radius 2 is 1.68 bits per heavy atom. The number of hydrogen-bond acceptors (Lipinski definition) is 9. The zero-order valence-electron chi connectivity index (χ0n) is 15.9. The first kappa shape index (κ1) is 25.8. The van der Waals surface area contributed by atoms with E-state index in [0.29, 0.717) is 6.42 Å². The molecule has 2 rings (SSSR count).